The standard InChI is InChI=1S/C25H42O/c1-17(2)8-7-9-18(3)20-12-14-24(5)16-23-21(13-15-25(23,6)26)19(4)10-11-22(20)24/h8,10,18,20-23,26H,7,9,11-16H2,1-6H3/t18-,20+,21+,22-,23-,24+,25+/m0/s1. The SMILES string of the molecule is CC(C)=CCC[C@H](C)[C@H]1CC[C@]2(C)C[C@H]3[C@H](CC[C@@]3(C)O)C(C)=CC[C@@H]12. The Labute approximate surface area is 162 Å². The molecule has 1 N–H and O–H groups in total. The number of allylic oxidation sites excluding steroid dienone is 4. The predicted molar refractivity (Wildman–Crippen MR) is 112 cm³/mol. The van der Waals surface area contributed by atoms with Crippen LogP contribution in [0.3, 0.4) is 0 Å². The first kappa shape index (κ1) is 20.2. The summed E-state index contributed by atoms with van der Waals surface area (Å²) in [6.07, 6.45) is 15.0. The molecule has 0 amide bonds. The molecule has 0 aromatic rings. The van der Waals surface area contributed by atoms with Gasteiger partial charge >= 0.3 is 0 Å². The third-order valence-electron chi connectivity index (χ3n) is 8.58. The normalized spacial score (nSPS) is 43.7. The molecule has 0 spiro atoms. The van der Waals surface area contributed by atoms with Crippen LogP contribution in [0.4, 0.5) is 0 Å². The lowest BCUT2D eigenvalue weighted by molar-refractivity contribution is -0.0183. The van der Waals surface area contributed by atoms with Gasteiger partial charge in [0.05, 0.1) is 5.60 Å². The zero-order chi connectivity index (χ0) is 19.1. The van der Waals surface area contributed by atoms with Crippen molar-refractivity contribution in [1.29, 1.82) is 0 Å². The first-order valence-corrected chi connectivity index (χ1v) is 11.2. The third kappa shape index (κ3) is 3.84. The van der Waals surface area contributed by atoms with Crippen molar-refractivity contribution in [2.75, 3.05) is 0 Å². The van der Waals surface area contributed by atoms with E-state index in [2.05, 4.69) is 53.7 Å². The first-order valence-electron chi connectivity index (χ1n) is 11.2. The minimum Gasteiger partial charge on any atom is -0.390 e. The molecule has 2 fully saturated rings. The number of hydrogen-bond donors (Lipinski definition) is 1. The number of hydrogen-bond acceptors (Lipinski definition) is 1. The molecule has 0 saturated heterocycles. The van der Waals surface area contributed by atoms with Crippen molar-refractivity contribution in [3.63, 3.8) is 0 Å². The third-order valence-corrected chi connectivity index (χ3v) is 8.58. The molecule has 0 heterocycles. The number of fused-ring (bicyclic) bond motifs is 2. The first-order chi connectivity index (χ1) is 12.1. The Morgan fingerprint density at radius 1 is 1.23 bits per heavy atom. The van der Waals surface area contributed by atoms with Gasteiger partial charge in [-0.05, 0) is 114 Å². The van der Waals surface area contributed by atoms with Gasteiger partial charge in [-0.15, -0.1) is 0 Å². The molecule has 1 heteroatoms. The summed E-state index contributed by atoms with van der Waals surface area (Å²) in [6, 6.07) is 0. The van der Waals surface area contributed by atoms with Gasteiger partial charge in [0.15, 0.2) is 0 Å². The van der Waals surface area contributed by atoms with Crippen molar-refractivity contribution < 1.29 is 5.11 Å². The highest BCUT2D eigenvalue weighted by Gasteiger charge is 2.53. The van der Waals surface area contributed by atoms with Gasteiger partial charge in [-0.25, -0.2) is 0 Å². The van der Waals surface area contributed by atoms with Crippen LogP contribution in [0.1, 0.15) is 92.9 Å². The minimum atomic E-state index is -0.460. The highest BCUT2D eigenvalue weighted by molar-refractivity contribution is 5.16. The summed E-state index contributed by atoms with van der Waals surface area (Å²) in [5.74, 6) is 3.56. The van der Waals surface area contributed by atoms with Crippen molar-refractivity contribution in [3.05, 3.63) is 23.3 Å². The van der Waals surface area contributed by atoms with Crippen molar-refractivity contribution in [2.45, 2.75) is 98.5 Å². The molecule has 7 atom stereocenters. The van der Waals surface area contributed by atoms with E-state index in [4.69, 9.17) is 0 Å². The second kappa shape index (κ2) is 7.46. The molecule has 3 aliphatic rings. The molecule has 0 radical (unpaired) electrons. The van der Waals surface area contributed by atoms with E-state index in [0.717, 1.165) is 24.2 Å². The molecule has 2 saturated carbocycles. The fourth-order valence-electron chi connectivity index (χ4n) is 6.78. The van der Waals surface area contributed by atoms with E-state index in [0.29, 0.717) is 17.3 Å². The summed E-state index contributed by atoms with van der Waals surface area (Å²) in [6.45, 7) is 13.9. The second-order valence-corrected chi connectivity index (χ2v) is 10.8. The molecule has 0 aromatic heterocycles. The van der Waals surface area contributed by atoms with E-state index < -0.39 is 5.60 Å². The molecule has 3 aliphatic carbocycles. The highest BCUT2D eigenvalue weighted by atomic mass is 16.3. The Morgan fingerprint density at radius 3 is 2.65 bits per heavy atom. The van der Waals surface area contributed by atoms with E-state index >= 15 is 0 Å². The molecule has 3 rings (SSSR count). The molecule has 1 nitrogen and oxygen atoms in total. The number of rotatable bonds is 4. The zero-order valence-corrected chi connectivity index (χ0v) is 18.1. The second-order valence-electron chi connectivity index (χ2n) is 10.8. The van der Waals surface area contributed by atoms with E-state index in [1.165, 1.54) is 50.5 Å². The maximum Gasteiger partial charge on any atom is 0.0653 e. The van der Waals surface area contributed by atoms with Crippen LogP contribution in [0.5, 0.6) is 0 Å². The fraction of sp³-hybridized carbons (Fsp3) is 0.840. The average Bonchev–Trinajstić information content (AvgIpc) is 3.01. The summed E-state index contributed by atoms with van der Waals surface area (Å²) in [4.78, 5) is 0. The van der Waals surface area contributed by atoms with Crippen LogP contribution in [-0.4, -0.2) is 10.7 Å². The quantitative estimate of drug-likeness (QED) is 0.541. The van der Waals surface area contributed by atoms with Crippen LogP contribution in [-0.2, 0) is 0 Å². The summed E-state index contributed by atoms with van der Waals surface area (Å²) in [5, 5.41) is 11.1. The average molecular weight is 359 g/mol. The Kier molecular flexibility index (Phi) is 5.79. The largest absolute Gasteiger partial charge is 0.390 e. The monoisotopic (exact) mass is 358 g/mol. The maximum absolute atomic E-state index is 11.1. The smallest absolute Gasteiger partial charge is 0.0653 e. The molecule has 148 valence electrons. The van der Waals surface area contributed by atoms with Crippen LogP contribution in [0.2, 0.25) is 0 Å². The summed E-state index contributed by atoms with van der Waals surface area (Å²) < 4.78 is 0. The molecule has 0 unspecified atom stereocenters. The topological polar surface area (TPSA) is 20.2 Å². The van der Waals surface area contributed by atoms with Gasteiger partial charge in [-0.3, -0.25) is 0 Å². The predicted octanol–water partition coefficient (Wildman–Crippen LogP) is 6.92. The van der Waals surface area contributed by atoms with Crippen molar-refractivity contribution >= 4 is 0 Å². The van der Waals surface area contributed by atoms with Crippen molar-refractivity contribution in [2.24, 2.45) is 35.0 Å². The van der Waals surface area contributed by atoms with Crippen molar-refractivity contribution in [1.82, 2.24) is 0 Å². The molecule has 0 bridgehead atoms. The van der Waals surface area contributed by atoms with Crippen LogP contribution in [0, 0.1) is 35.0 Å². The number of aliphatic hydroxyl groups is 1. The summed E-state index contributed by atoms with van der Waals surface area (Å²) in [5.41, 5.74) is 2.98. The summed E-state index contributed by atoms with van der Waals surface area (Å²) in [7, 11) is 0. The van der Waals surface area contributed by atoms with E-state index in [-0.39, 0.29) is 0 Å². The minimum absolute atomic E-state index is 0.421. The van der Waals surface area contributed by atoms with Gasteiger partial charge in [-0.1, -0.05) is 37.1 Å². The molecular formula is C25H42O. The molecule has 0 aliphatic heterocycles. The van der Waals surface area contributed by atoms with Crippen molar-refractivity contribution in [3.8, 4) is 0 Å². The van der Waals surface area contributed by atoms with Gasteiger partial charge in [0.2, 0.25) is 0 Å². The lowest BCUT2D eigenvalue weighted by Gasteiger charge is -2.43. The molecule has 26 heavy (non-hydrogen) atoms. The van der Waals surface area contributed by atoms with Gasteiger partial charge in [0.1, 0.15) is 0 Å². The molecular weight excluding hydrogens is 316 g/mol. The molecule has 0 aromatic carbocycles. The maximum atomic E-state index is 11.1. The van der Waals surface area contributed by atoms with Crippen LogP contribution in [0.15, 0.2) is 23.3 Å². The van der Waals surface area contributed by atoms with Crippen LogP contribution in [0.25, 0.3) is 0 Å². The van der Waals surface area contributed by atoms with Gasteiger partial charge in [0.25, 0.3) is 0 Å². The van der Waals surface area contributed by atoms with Gasteiger partial charge < -0.3 is 5.11 Å². The van der Waals surface area contributed by atoms with E-state index in [1.54, 1.807) is 5.57 Å². The Hall–Kier alpha value is -0.560. The lowest BCUT2D eigenvalue weighted by atomic mass is 9.63. The Morgan fingerprint density at radius 2 is 1.96 bits per heavy atom. The van der Waals surface area contributed by atoms with Crippen LogP contribution < -0.4 is 0 Å². The fourth-order valence-corrected chi connectivity index (χ4v) is 6.78. The highest BCUT2D eigenvalue weighted by Crippen LogP contribution is 2.60. The van der Waals surface area contributed by atoms with E-state index in [1.807, 2.05) is 0 Å². The van der Waals surface area contributed by atoms with Crippen LogP contribution >= 0.6 is 0 Å². The Balaban J connectivity index is 1.79. The van der Waals surface area contributed by atoms with Gasteiger partial charge in [-0.2, -0.15) is 0 Å². The summed E-state index contributed by atoms with van der Waals surface area (Å²) >= 11 is 0. The van der Waals surface area contributed by atoms with E-state index in [9.17, 15) is 5.11 Å². The Bertz CT molecular complexity index is 565. The van der Waals surface area contributed by atoms with Gasteiger partial charge in [0, 0.05) is 0 Å². The lowest BCUT2D eigenvalue weighted by Crippen LogP contribution is -2.39. The zero-order valence-electron chi connectivity index (χ0n) is 18.1.